The molecule has 0 bridgehead atoms. The third kappa shape index (κ3) is 3.20. The summed E-state index contributed by atoms with van der Waals surface area (Å²) in [6.45, 7) is 0.923. The van der Waals surface area contributed by atoms with Gasteiger partial charge in [0.05, 0.1) is 17.2 Å². The van der Waals surface area contributed by atoms with Crippen molar-refractivity contribution in [1.29, 1.82) is 0 Å². The lowest BCUT2D eigenvalue weighted by atomic mass is 10.1. The molecular formula is C17H14FNO2S. The maximum Gasteiger partial charge on any atom is 0.341 e. The van der Waals surface area contributed by atoms with E-state index in [2.05, 4.69) is 11.1 Å². The molecule has 0 saturated heterocycles. The van der Waals surface area contributed by atoms with Crippen molar-refractivity contribution < 1.29 is 13.9 Å². The molecule has 112 valence electrons. The van der Waals surface area contributed by atoms with Gasteiger partial charge in [-0.25, -0.2) is 9.18 Å². The summed E-state index contributed by atoms with van der Waals surface area (Å²) in [5.74, 6) is -0.602. The van der Waals surface area contributed by atoms with Crippen LogP contribution in [0.15, 0.2) is 53.5 Å². The van der Waals surface area contributed by atoms with Crippen LogP contribution < -0.4 is 0 Å². The molecule has 0 spiro atoms. The molecule has 1 aliphatic heterocycles. The van der Waals surface area contributed by atoms with Crippen molar-refractivity contribution in [2.45, 2.75) is 6.54 Å². The summed E-state index contributed by atoms with van der Waals surface area (Å²) in [6, 6.07) is 13.9. The van der Waals surface area contributed by atoms with E-state index in [0.29, 0.717) is 12.3 Å². The third-order valence-electron chi connectivity index (χ3n) is 3.29. The maximum absolute atomic E-state index is 13.4. The molecule has 5 heteroatoms. The van der Waals surface area contributed by atoms with Gasteiger partial charge in [-0.3, -0.25) is 4.99 Å². The zero-order chi connectivity index (χ0) is 15.4. The number of ether oxygens (including phenoxy) is 1. The Hall–Kier alpha value is -2.14. The highest BCUT2D eigenvalue weighted by atomic mass is 32.2. The molecule has 0 saturated carbocycles. The summed E-state index contributed by atoms with van der Waals surface area (Å²) >= 11 is 1.55. The Morgan fingerprint density at radius 2 is 1.95 bits per heavy atom. The zero-order valence-electron chi connectivity index (χ0n) is 11.8. The van der Waals surface area contributed by atoms with Crippen LogP contribution in [0.3, 0.4) is 0 Å². The van der Waals surface area contributed by atoms with E-state index in [1.54, 1.807) is 17.8 Å². The predicted molar refractivity (Wildman–Crippen MR) is 85.8 cm³/mol. The van der Waals surface area contributed by atoms with E-state index in [0.717, 1.165) is 10.6 Å². The van der Waals surface area contributed by atoms with Crippen LogP contribution in [-0.2, 0) is 11.3 Å². The highest BCUT2D eigenvalue weighted by molar-refractivity contribution is 8.14. The summed E-state index contributed by atoms with van der Waals surface area (Å²) in [5.41, 5.74) is 2.33. The van der Waals surface area contributed by atoms with E-state index in [1.165, 1.54) is 23.8 Å². The second-order valence-electron chi connectivity index (χ2n) is 4.74. The fraction of sp³-hybridized carbons (Fsp3) is 0.176. The minimum absolute atomic E-state index is 0.0314. The van der Waals surface area contributed by atoms with Crippen LogP contribution >= 0.6 is 11.8 Å². The smallest absolute Gasteiger partial charge is 0.341 e. The lowest BCUT2D eigenvalue weighted by molar-refractivity contribution is 0.0525. The number of esters is 1. The lowest BCUT2D eigenvalue weighted by Crippen LogP contribution is -2.10. The van der Waals surface area contributed by atoms with Crippen LogP contribution in [0.5, 0.6) is 0 Å². The van der Waals surface area contributed by atoms with Gasteiger partial charge >= 0.3 is 5.97 Å². The first kappa shape index (κ1) is 14.8. The van der Waals surface area contributed by atoms with Gasteiger partial charge in [0.1, 0.15) is 12.4 Å². The SMILES string of the molecule is O=C(OCCSC1=NCc2ccccc21)c1ccccc1F. The monoisotopic (exact) mass is 315 g/mol. The molecule has 2 aromatic carbocycles. The lowest BCUT2D eigenvalue weighted by Gasteiger charge is -2.06. The topological polar surface area (TPSA) is 38.7 Å². The van der Waals surface area contributed by atoms with Crippen molar-refractivity contribution in [3.8, 4) is 0 Å². The van der Waals surface area contributed by atoms with Gasteiger partial charge in [-0.1, -0.05) is 36.4 Å². The van der Waals surface area contributed by atoms with Gasteiger partial charge in [0, 0.05) is 11.3 Å². The van der Waals surface area contributed by atoms with Crippen LogP contribution in [0.1, 0.15) is 21.5 Å². The van der Waals surface area contributed by atoms with Crippen LogP contribution in [0.2, 0.25) is 0 Å². The summed E-state index contributed by atoms with van der Waals surface area (Å²) in [5, 5.41) is 0.970. The van der Waals surface area contributed by atoms with Gasteiger partial charge in [-0.05, 0) is 17.7 Å². The first-order valence-corrected chi connectivity index (χ1v) is 7.91. The largest absolute Gasteiger partial charge is 0.461 e. The second-order valence-corrected chi connectivity index (χ2v) is 5.83. The second kappa shape index (κ2) is 6.75. The Morgan fingerprint density at radius 3 is 2.82 bits per heavy atom. The summed E-state index contributed by atoms with van der Waals surface area (Å²) < 4.78 is 18.5. The van der Waals surface area contributed by atoms with Crippen molar-refractivity contribution in [1.82, 2.24) is 0 Å². The van der Waals surface area contributed by atoms with E-state index in [4.69, 9.17) is 4.74 Å². The number of carbonyl (C=O) groups excluding carboxylic acids is 1. The third-order valence-corrected chi connectivity index (χ3v) is 4.28. The highest BCUT2D eigenvalue weighted by Gasteiger charge is 2.16. The molecule has 0 atom stereocenters. The van der Waals surface area contributed by atoms with Gasteiger partial charge in [0.15, 0.2) is 0 Å². The Labute approximate surface area is 132 Å². The van der Waals surface area contributed by atoms with E-state index in [-0.39, 0.29) is 12.2 Å². The Morgan fingerprint density at radius 1 is 1.18 bits per heavy atom. The summed E-state index contributed by atoms with van der Waals surface area (Å²) in [4.78, 5) is 16.2. The first-order valence-electron chi connectivity index (χ1n) is 6.93. The van der Waals surface area contributed by atoms with E-state index in [9.17, 15) is 9.18 Å². The highest BCUT2D eigenvalue weighted by Crippen LogP contribution is 2.24. The number of aliphatic imine (C=N–C) groups is 1. The van der Waals surface area contributed by atoms with Crippen molar-refractivity contribution in [2.75, 3.05) is 12.4 Å². The molecule has 0 aliphatic carbocycles. The number of benzene rings is 2. The average Bonchev–Trinajstić information content (AvgIpc) is 2.95. The van der Waals surface area contributed by atoms with E-state index >= 15 is 0 Å². The quantitative estimate of drug-likeness (QED) is 0.638. The van der Waals surface area contributed by atoms with Gasteiger partial charge < -0.3 is 4.74 Å². The minimum Gasteiger partial charge on any atom is -0.461 e. The van der Waals surface area contributed by atoms with E-state index in [1.807, 2.05) is 18.2 Å². The predicted octanol–water partition coefficient (Wildman–Crippen LogP) is 3.68. The van der Waals surface area contributed by atoms with Gasteiger partial charge in [0.25, 0.3) is 0 Å². The number of rotatable bonds is 4. The molecule has 0 radical (unpaired) electrons. The molecular weight excluding hydrogens is 301 g/mol. The minimum atomic E-state index is -0.632. The van der Waals surface area contributed by atoms with Crippen molar-refractivity contribution in [2.24, 2.45) is 4.99 Å². The number of fused-ring (bicyclic) bond motifs is 1. The molecule has 1 aliphatic rings. The molecule has 3 rings (SSSR count). The van der Waals surface area contributed by atoms with Gasteiger partial charge in [-0.15, -0.1) is 11.8 Å². The van der Waals surface area contributed by atoms with Crippen LogP contribution in [0.25, 0.3) is 0 Å². The number of carbonyl (C=O) groups is 1. The number of hydrogen-bond acceptors (Lipinski definition) is 4. The Bertz CT molecular complexity index is 730. The molecule has 0 amide bonds. The summed E-state index contributed by atoms with van der Waals surface area (Å²) in [7, 11) is 0. The van der Waals surface area contributed by atoms with Crippen LogP contribution in [-0.4, -0.2) is 23.4 Å². The zero-order valence-corrected chi connectivity index (χ0v) is 12.6. The standard InChI is InChI=1S/C17H14FNO2S/c18-15-8-4-3-7-14(15)17(20)21-9-10-22-16-13-6-2-1-5-12(13)11-19-16/h1-8H,9-11H2. The molecule has 0 aromatic heterocycles. The molecule has 1 heterocycles. The van der Waals surface area contributed by atoms with Gasteiger partial charge in [-0.2, -0.15) is 0 Å². The number of hydrogen-bond donors (Lipinski definition) is 0. The fourth-order valence-corrected chi connectivity index (χ4v) is 3.08. The molecule has 2 aromatic rings. The molecule has 22 heavy (non-hydrogen) atoms. The van der Waals surface area contributed by atoms with Crippen molar-refractivity contribution in [3.63, 3.8) is 0 Å². The number of halogens is 1. The van der Waals surface area contributed by atoms with Crippen LogP contribution in [0, 0.1) is 5.82 Å². The first-order chi connectivity index (χ1) is 10.8. The maximum atomic E-state index is 13.4. The van der Waals surface area contributed by atoms with E-state index < -0.39 is 11.8 Å². The summed E-state index contributed by atoms with van der Waals surface area (Å²) in [6.07, 6.45) is 0. The Balaban J connectivity index is 1.49. The van der Waals surface area contributed by atoms with Crippen LogP contribution in [0.4, 0.5) is 4.39 Å². The normalized spacial score (nSPS) is 12.7. The Kier molecular flexibility index (Phi) is 4.53. The number of nitrogens with zero attached hydrogens (tertiary/aromatic N) is 1. The molecule has 0 fully saturated rings. The number of thioether (sulfide) groups is 1. The fourth-order valence-electron chi connectivity index (χ4n) is 2.21. The molecule has 3 nitrogen and oxygen atoms in total. The van der Waals surface area contributed by atoms with Gasteiger partial charge in [0.2, 0.25) is 0 Å². The van der Waals surface area contributed by atoms with Crippen molar-refractivity contribution >= 4 is 22.8 Å². The molecule has 0 N–H and O–H groups in total. The van der Waals surface area contributed by atoms with Crippen molar-refractivity contribution in [3.05, 3.63) is 71.0 Å². The molecule has 0 unspecified atom stereocenters. The average molecular weight is 315 g/mol.